The van der Waals surface area contributed by atoms with Crippen LogP contribution in [-0.2, 0) is 4.79 Å². The molecule has 0 spiro atoms. The van der Waals surface area contributed by atoms with Gasteiger partial charge in [-0.3, -0.25) is 4.79 Å². The fraction of sp³-hybridized carbons (Fsp3) is 0.100. The van der Waals surface area contributed by atoms with Crippen LogP contribution in [-0.4, -0.2) is 13.0 Å². The van der Waals surface area contributed by atoms with E-state index in [1.54, 1.807) is 25.5 Å². The molecule has 35 heavy (non-hydrogen) atoms. The molecular formula is C30H24ClNO3. The zero-order valence-electron chi connectivity index (χ0n) is 19.7. The van der Waals surface area contributed by atoms with Gasteiger partial charge in [0.25, 0.3) is 0 Å². The van der Waals surface area contributed by atoms with Crippen molar-refractivity contribution in [2.75, 3.05) is 12.4 Å². The molecule has 0 unspecified atom stereocenters. The van der Waals surface area contributed by atoms with Crippen LogP contribution in [0.4, 0.5) is 5.69 Å². The number of amides is 1. The Labute approximate surface area is 208 Å². The molecular weight excluding hydrogens is 458 g/mol. The number of methoxy groups -OCH3 is 1. The number of carbonyl (C=O) groups excluding carboxylic acids is 1. The van der Waals surface area contributed by atoms with Gasteiger partial charge in [0, 0.05) is 39.4 Å². The fourth-order valence-corrected chi connectivity index (χ4v) is 4.42. The Morgan fingerprint density at radius 1 is 1.00 bits per heavy atom. The van der Waals surface area contributed by atoms with Gasteiger partial charge in [0.2, 0.25) is 5.91 Å². The molecule has 0 fully saturated rings. The van der Waals surface area contributed by atoms with Crippen LogP contribution in [0.3, 0.4) is 0 Å². The second kappa shape index (κ2) is 9.32. The molecule has 1 amide bonds. The number of anilines is 1. The lowest BCUT2D eigenvalue weighted by molar-refractivity contribution is -0.111. The van der Waals surface area contributed by atoms with Crippen molar-refractivity contribution in [2.24, 2.45) is 0 Å². The topological polar surface area (TPSA) is 51.5 Å². The molecule has 0 radical (unpaired) electrons. The maximum absolute atomic E-state index is 12.7. The molecule has 0 saturated carbocycles. The third kappa shape index (κ3) is 4.53. The minimum absolute atomic E-state index is 0.244. The van der Waals surface area contributed by atoms with Crippen LogP contribution in [0.15, 0.2) is 89.6 Å². The first-order chi connectivity index (χ1) is 16.9. The van der Waals surface area contributed by atoms with E-state index in [0.29, 0.717) is 16.5 Å². The van der Waals surface area contributed by atoms with E-state index in [9.17, 15) is 4.79 Å². The summed E-state index contributed by atoms with van der Waals surface area (Å²) < 4.78 is 11.5. The van der Waals surface area contributed by atoms with Crippen molar-refractivity contribution in [3.8, 4) is 16.9 Å². The molecule has 5 rings (SSSR count). The predicted molar refractivity (Wildman–Crippen MR) is 144 cm³/mol. The minimum atomic E-state index is -0.244. The SMILES string of the molecule is COc1cc2occ(-c3ccc4ccccc4c3)c2cc1/C(C)=C/C(=O)Nc1ccc(C)c(Cl)c1. The highest BCUT2D eigenvalue weighted by atomic mass is 35.5. The smallest absolute Gasteiger partial charge is 0.248 e. The number of aryl methyl sites for hydroxylation is 1. The average molecular weight is 482 g/mol. The van der Waals surface area contributed by atoms with Gasteiger partial charge in [0.15, 0.2) is 0 Å². The first kappa shape index (κ1) is 22.8. The quantitative estimate of drug-likeness (QED) is 0.257. The zero-order chi connectivity index (χ0) is 24.5. The lowest BCUT2D eigenvalue weighted by Gasteiger charge is -2.11. The Hall–Kier alpha value is -4.02. The molecule has 0 bridgehead atoms. The molecule has 0 aliphatic rings. The minimum Gasteiger partial charge on any atom is -0.496 e. The van der Waals surface area contributed by atoms with Crippen molar-refractivity contribution >= 4 is 50.5 Å². The Balaban J connectivity index is 1.52. The van der Waals surface area contributed by atoms with Gasteiger partial charge in [-0.1, -0.05) is 54.1 Å². The molecule has 5 heteroatoms. The largest absolute Gasteiger partial charge is 0.496 e. The lowest BCUT2D eigenvalue weighted by Crippen LogP contribution is -2.08. The molecule has 4 aromatic carbocycles. The number of rotatable bonds is 5. The highest BCUT2D eigenvalue weighted by molar-refractivity contribution is 6.31. The van der Waals surface area contributed by atoms with Crippen LogP contribution in [0, 0.1) is 6.92 Å². The number of furan rings is 1. The first-order valence-electron chi connectivity index (χ1n) is 11.3. The van der Waals surface area contributed by atoms with E-state index in [4.69, 9.17) is 20.8 Å². The third-order valence-electron chi connectivity index (χ3n) is 6.17. The summed E-state index contributed by atoms with van der Waals surface area (Å²) in [7, 11) is 1.61. The standard InChI is InChI=1S/C30H24ClNO3/c1-18-8-11-23(14-27(18)31)32-30(33)12-19(2)24-15-25-26(17-35-29(25)16-28(24)34-3)22-10-9-20-6-4-5-7-21(20)13-22/h4-17H,1-3H3,(H,32,33)/b19-12+. The number of allylic oxidation sites excluding steroid dienone is 1. The van der Waals surface area contributed by atoms with Gasteiger partial charge in [-0.25, -0.2) is 0 Å². The zero-order valence-corrected chi connectivity index (χ0v) is 20.4. The molecule has 174 valence electrons. The van der Waals surface area contributed by atoms with Gasteiger partial charge < -0.3 is 14.5 Å². The molecule has 0 aliphatic carbocycles. The van der Waals surface area contributed by atoms with Crippen LogP contribution in [0.25, 0.3) is 38.4 Å². The van der Waals surface area contributed by atoms with Crippen LogP contribution < -0.4 is 10.1 Å². The summed E-state index contributed by atoms with van der Waals surface area (Å²) in [5, 5.41) is 6.79. The first-order valence-corrected chi connectivity index (χ1v) is 11.6. The fourth-order valence-electron chi connectivity index (χ4n) is 4.24. The molecule has 0 atom stereocenters. The monoisotopic (exact) mass is 481 g/mol. The summed E-state index contributed by atoms with van der Waals surface area (Å²) in [6.45, 7) is 3.81. The number of benzene rings is 4. The van der Waals surface area contributed by atoms with E-state index in [2.05, 4.69) is 35.6 Å². The second-order valence-corrected chi connectivity index (χ2v) is 8.95. The van der Waals surface area contributed by atoms with E-state index in [1.165, 1.54) is 5.39 Å². The van der Waals surface area contributed by atoms with Crippen LogP contribution in [0.1, 0.15) is 18.1 Å². The van der Waals surface area contributed by atoms with Crippen molar-refractivity contribution in [3.05, 3.63) is 101 Å². The Bertz CT molecular complexity index is 1610. The number of nitrogens with one attached hydrogen (secondary N) is 1. The van der Waals surface area contributed by atoms with E-state index < -0.39 is 0 Å². The van der Waals surface area contributed by atoms with Crippen LogP contribution in [0.5, 0.6) is 5.75 Å². The maximum atomic E-state index is 12.7. The summed E-state index contributed by atoms with van der Waals surface area (Å²) in [4.78, 5) is 12.7. The Kier molecular flexibility index (Phi) is 6.06. The van der Waals surface area contributed by atoms with Crippen molar-refractivity contribution in [1.29, 1.82) is 0 Å². The van der Waals surface area contributed by atoms with Gasteiger partial charge in [-0.15, -0.1) is 0 Å². The molecule has 4 nitrogen and oxygen atoms in total. The number of ether oxygens (including phenoxy) is 1. The summed E-state index contributed by atoms with van der Waals surface area (Å²) in [6, 6.07) is 24.0. The summed E-state index contributed by atoms with van der Waals surface area (Å²) >= 11 is 6.19. The Morgan fingerprint density at radius 2 is 1.80 bits per heavy atom. The van der Waals surface area contributed by atoms with E-state index in [-0.39, 0.29) is 5.91 Å². The highest BCUT2D eigenvalue weighted by Gasteiger charge is 2.15. The van der Waals surface area contributed by atoms with Gasteiger partial charge in [-0.2, -0.15) is 0 Å². The number of hydrogen-bond acceptors (Lipinski definition) is 3. The molecule has 1 aromatic heterocycles. The van der Waals surface area contributed by atoms with Crippen molar-refractivity contribution in [1.82, 2.24) is 0 Å². The molecule has 0 aliphatic heterocycles. The molecule has 1 heterocycles. The number of halogens is 1. The van der Waals surface area contributed by atoms with Gasteiger partial charge in [0.05, 0.1) is 13.4 Å². The maximum Gasteiger partial charge on any atom is 0.248 e. The molecule has 5 aromatic rings. The van der Waals surface area contributed by atoms with E-state index in [0.717, 1.165) is 44.2 Å². The van der Waals surface area contributed by atoms with Crippen LogP contribution >= 0.6 is 11.6 Å². The van der Waals surface area contributed by atoms with Crippen LogP contribution in [0.2, 0.25) is 5.02 Å². The van der Waals surface area contributed by atoms with E-state index in [1.807, 2.05) is 50.2 Å². The van der Waals surface area contributed by atoms with Crippen molar-refractivity contribution < 1.29 is 13.9 Å². The summed E-state index contributed by atoms with van der Waals surface area (Å²) in [5.41, 5.74) is 5.96. The Morgan fingerprint density at radius 3 is 2.57 bits per heavy atom. The summed E-state index contributed by atoms with van der Waals surface area (Å²) in [5.74, 6) is 0.392. The molecule has 0 saturated heterocycles. The average Bonchev–Trinajstić information content (AvgIpc) is 3.28. The second-order valence-electron chi connectivity index (χ2n) is 8.54. The highest BCUT2D eigenvalue weighted by Crippen LogP contribution is 2.38. The number of hydrogen-bond donors (Lipinski definition) is 1. The molecule has 1 N–H and O–H groups in total. The van der Waals surface area contributed by atoms with Gasteiger partial charge in [0.1, 0.15) is 11.3 Å². The van der Waals surface area contributed by atoms with Crippen molar-refractivity contribution in [2.45, 2.75) is 13.8 Å². The van der Waals surface area contributed by atoms with E-state index >= 15 is 0 Å². The lowest BCUT2D eigenvalue weighted by atomic mass is 9.97. The third-order valence-corrected chi connectivity index (χ3v) is 6.58. The normalized spacial score (nSPS) is 11.7. The predicted octanol–water partition coefficient (Wildman–Crippen LogP) is 8.27. The van der Waals surface area contributed by atoms with Crippen molar-refractivity contribution in [3.63, 3.8) is 0 Å². The van der Waals surface area contributed by atoms with Gasteiger partial charge >= 0.3 is 0 Å². The van der Waals surface area contributed by atoms with Gasteiger partial charge in [-0.05, 0) is 65.6 Å². The number of fused-ring (bicyclic) bond motifs is 2. The summed E-state index contributed by atoms with van der Waals surface area (Å²) in [6.07, 6.45) is 3.33. The number of carbonyl (C=O) groups is 1.